The zero-order valence-corrected chi connectivity index (χ0v) is 18.9. The number of aryl methyl sites for hydroxylation is 1. The van der Waals surface area contributed by atoms with E-state index in [2.05, 4.69) is 34.0 Å². The Morgan fingerprint density at radius 1 is 1.33 bits per heavy atom. The first-order valence-electron chi connectivity index (χ1n) is 10.4. The van der Waals surface area contributed by atoms with Crippen LogP contribution in [0.1, 0.15) is 46.0 Å². The van der Waals surface area contributed by atoms with Gasteiger partial charge in [-0.3, -0.25) is 9.12 Å². The molecule has 0 aliphatic heterocycles. The summed E-state index contributed by atoms with van der Waals surface area (Å²) in [5, 5.41) is 3.51. The van der Waals surface area contributed by atoms with Crippen LogP contribution in [0.3, 0.4) is 0 Å². The molecule has 0 spiro atoms. The standard InChI is InChI=1S/C19H32N6O4S/c1-13(2)24(3)19-23-16-17(20-12-21-18(16)25(19)4)22-14-7-8-15(11-14)29-9-5-6-10-30(26,27)28/h12-15H,5-11H2,1-4H3,(H,20,21,22)(H,26,27,28). The molecule has 30 heavy (non-hydrogen) atoms. The number of unbranched alkanes of at least 4 members (excludes halogenated alkanes) is 1. The average molecular weight is 441 g/mol. The number of anilines is 2. The number of rotatable bonds is 10. The summed E-state index contributed by atoms with van der Waals surface area (Å²) in [5.41, 5.74) is 1.55. The SMILES string of the molecule is CC(C)N(C)c1nc2c(NC3CCC(OCCCCS(=O)(=O)O)C3)ncnc2n1C. The van der Waals surface area contributed by atoms with Crippen LogP contribution in [-0.4, -0.2) is 70.1 Å². The predicted octanol–water partition coefficient (Wildman–Crippen LogP) is 2.23. The third-order valence-corrected chi connectivity index (χ3v) is 6.40. The molecule has 2 heterocycles. The molecule has 2 aromatic heterocycles. The summed E-state index contributed by atoms with van der Waals surface area (Å²) in [6.07, 6.45) is 5.47. The lowest BCUT2D eigenvalue weighted by Gasteiger charge is -2.22. The van der Waals surface area contributed by atoms with Crippen molar-refractivity contribution in [3.8, 4) is 0 Å². The molecule has 3 rings (SSSR count). The molecule has 1 saturated carbocycles. The minimum absolute atomic E-state index is 0.136. The van der Waals surface area contributed by atoms with Crippen LogP contribution in [0.15, 0.2) is 6.33 Å². The molecule has 168 valence electrons. The Morgan fingerprint density at radius 2 is 2.10 bits per heavy atom. The van der Waals surface area contributed by atoms with Crippen LogP contribution in [-0.2, 0) is 21.9 Å². The number of ether oxygens (including phenoxy) is 1. The molecule has 2 unspecified atom stereocenters. The van der Waals surface area contributed by atoms with E-state index in [1.54, 1.807) is 6.33 Å². The second-order valence-corrected chi connectivity index (χ2v) is 9.78. The zero-order valence-electron chi connectivity index (χ0n) is 18.1. The maximum atomic E-state index is 10.7. The van der Waals surface area contributed by atoms with Crippen molar-refractivity contribution < 1.29 is 17.7 Å². The summed E-state index contributed by atoms with van der Waals surface area (Å²) in [7, 11) is 0.0903. The molecular formula is C19H32N6O4S. The van der Waals surface area contributed by atoms with E-state index in [4.69, 9.17) is 14.3 Å². The van der Waals surface area contributed by atoms with E-state index in [1.807, 2.05) is 18.7 Å². The third kappa shape index (κ3) is 5.58. The van der Waals surface area contributed by atoms with Crippen molar-refractivity contribution in [2.24, 2.45) is 7.05 Å². The molecule has 2 aromatic rings. The molecule has 0 aromatic carbocycles. The Hall–Kier alpha value is -1.98. The summed E-state index contributed by atoms with van der Waals surface area (Å²) in [5.74, 6) is 1.37. The molecule has 10 nitrogen and oxygen atoms in total. The normalized spacial score (nSPS) is 19.7. The molecule has 2 atom stereocenters. The van der Waals surface area contributed by atoms with Gasteiger partial charge in [0.25, 0.3) is 10.1 Å². The van der Waals surface area contributed by atoms with E-state index < -0.39 is 10.1 Å². The van der Waals surface area contributed by atoms with E-state index in [9.17, 15) is 8.42 Å². The summed E-state index contributed by atoms with van der Waals surface area (Å²) >= 11 is 0. The summed E-state index contributed by atoms with van der Waals surface area (Å²) in [6.45, 7) is 4.73. The van der Waals surface area contributed by atoms with Crippen LogP contribution in [0.25, 0.3) is 11.2 Å². The molecule has 1 fully saturated rings. The van der Waals surface area contributed by atoms with Crippen LogP contribution in [0.5, 0.6) is 0 Å². The number of fused-ring (bicyclic) bond motifs is 1. The summed E-state index contributed by atoms with van der Waals surface area (Å²) in [4.78, 5) is 15.7. The van der Waals surface area contributed by atoms with Gasteiger partial charge in [0.15, 0.2) is 17.0 Å². The minimum atomic E-state index is -3.88. The fraction of sp³-hybridized carbons (Fsp3) is 0.737. The first-order chi connectivity index (χ1) is 14.2. The second kappa shape index (κ2) is 9.44. The molecule has 11 heteroatoms. The number of hydrogen-bond donors (Lipinski definition) is 2. The van der Waals surface area contributed by atoms with Crippen molar-refractivity contribution in [3.05, 3.63) is 6.33 Å². The monoisotopic (exact) mass is 440 g/mol. The first-order valence-corrected chi connectivity index (χ1v) is 12.0. The quantitative estimate of drug-likeness (QED) is 0.423. The van der Waals surface area contributed by atoms with E-state index >= 15 is 0 Å². The van der Waals surface area contributed by atoms with Gasteiger partial charge < -0.3 is 15.0 Å². The summed E-state index contributed by atoms with van der Waals surface area (Å²) in [6, 6.07) is 0.550. The molecule has 0 radical (unpaired) electrons. The van der Waals surface area contributed by atoms with Gasteiger partial charge in [-0.15, -0.1) is 0 Å². The van der Waals surface area contributed by atoms with Gasteiger partial charge in [0.1, 0.15) is 6.33 Å². The Bertz CT molecular complexity index is 961. The molecule has 0 amide bonds. The van der Waals surface area contributed by atoms with E-state index in [1.165, 1.54) is 0 Å². The van der Waals surface area contributed by atoms with Crippen molar-refractivity contribution in [2.45, 2.75) is 64.1 Å². The van der Waals surface area contributed by atoms with Crippen LogP contribution >= 0.6 is 0 Å². The number of imidazole rings is 1. The Kier molecular flexibility index (Phi) is 7.14. The van der Waals surface area contributed by atoms with Crippen LogP contribution in [0, 0.1) is 0 Å². The third-order valence-electron chi connectivity index (χ3n) is 5.60. The lowest BCUT2D eigenvalue weighted by atomic mass is 10.2. The van der Waals surface area contributed by atoms with Gasteiger partial charge in [0.2, 0.25) is 5.95 Å². The highest BCUT2D eigenvalue weighted by Gasteiger charge is 2.27. The van der Waals surface area contributed by atoms with Crippen LogP contribution < -0.4 is 10.2 Å². The fourth-order valence-corrected chi connectivity index (χ4v) is 4.26. The first kappa shape index (κ1) is 22.7. The van der Waals surface area contributed by atoms with Crippen molar-refractivity contribution >= 4 is 33.0 Å². The Labute approximate surface area is 177 Å². The summed E-state index contributed by atoms with van der Waals surface area (Å²) < 4.78 is 38.1. The second-order valence-electron chi connectivity index (χ2n) is 8.21. The molecule has 2 N–H and O–H groups in total. The van der Waals surface area contributed by atoms with E-state index in [-0.39, 0.29) is 17.9 Å². The van der Waals surface area contributed by atoms with Gasteiger partial charge in [-0.25, -0.2) is 15.0 Å². The largest absolute Gasteiger partial charge is 0.378 e. The van der Waals surface area contributed by atoms with Crippen molar-refractivity contribution in [2.75, 3.05) is 29.6 Å². The number of hydrogen-bond acceptors (Lipinski definition) is 8. The predicted molar refractivity (Wildman–Crippen MR) is 116 cm³/mol. The van der Waals surface area contributed by atoms with Gasteiger partial charge in [0.05, 0.1) is 11.9 Å². The van der Waals surface area contributed by atoms with Gasteiger partial charge in [0, 0.05) is 32.8 Å². The average Bonchev–Trinajstić information content (AvgIpc) is 3.25. The van der Waals surface area contributed by atoms with Crippen molar-refractivity contribution in [1.29, 1.82) is 0 Å². The lowest BCUT2D eigenvalue weighted by Crippen LogP contribution is -2.28. The van der Waals surface area contributed by atoms with E-state index in [0.717, 1.165) is 42.2 Å². The molecule has 1 aliphatic carbocycles. The van der Waals surface area contributed by atoms with Gasteiger partial charge in [-0.05, 0) is 46.0 Å². The Morgan fingerprint density at radius 3 is 2.80 bits per heavy atom. The maximum Gasteiger partial charge on any atom is 0.264 e. The highest BCUT2D eigenvalue weighted by molar-refractivity contribution is 7.85. The van der Waals surface area contributed by atoms with Crippen LogP contribution in [0.4, 0.5) is 11.8 Å². The van der Waals surface area contributed by atoms with Gasteiger partial charge in [-0.2, -0.15) is 8.42 Å². The highest BCUT2D eigenvalue weighted by atomic mass is 32.2. The minimum Gasteiger partial charge on any atom is -0.378 e. The molecule has 0 saturated heterocycles. The Balaban J connectivity index is 1.57. The topological polar surface area (TPSA) is 122 Å². The molecule has 1 aliphatic rings. The van der Waals surface area contributed by atoms with Crippen LogP contribution in [0.2, 0.25) is 0 Å². The zero-order chi connectivity index (χ0) is 21.9. The maximum absolute atomic E-state index is 10.7. The van der Waals surface area contributed by atoms with Crippen molar-refractivity contribution in [1.82, 2.24) is 19.5 Å². The van der Waals surface area contributed by atoms with Crippen molar-refractivity contribution in [3.63, 3.8) is 0 Å². The number of nitrogens with zero attached hydrogens (tertiary/aromatic N) is 5. The number of nitrogens with one attached hydrogen (secondary N) is 1. The lowest BCUT2D eigenvalue weighted by molar-refractivity contribution is 0.0560. The number of aromatic nitrogens is 4. The fourth-order valence-electron chi connectivity index (χ4n) is 3.69. The van der Waals surface area contributed by atoms with Gasteiger partial charge in [-0.1, -0.05) is 0 Å². The molecular weight excluding hydrogens is 408 g/mol. The van der Waals surface area contributed by atoms with Gasteiger partial charge >= 0.3 is 0 Å². The molecule has 0 bridgehead atoms. The smallest absolute Gasteiger partial charge is 0.264 e. The van der Waals surface area contributed by atoms with E-state index in [0.29, 0.717) is 25.5 Å². The highest BCUT2D eigenvalue weighted by Crippen LogP contribution is 2.29.